The first-order chi connectivity index (χ1) is 24.1. The number of carboxylic acids is 3. The predicted molar refractivity (Wildman–Crippen MR) is 163 cm³/mol. The molecule has 21 heteroatoms. The molecule has 0 aliphatic carbocycles. The number of likely N-dealkylation sites (N-methyl/N-ethyl adjacent to an activating group) is 1. The van der Waals surface area contributed by atoms with Crippen molar-refractivity contribution in [2.75, 3.05) is 33.8 Å². The second-order valence-electron chi connectivity index (χ2n) is 10.5. The summed E-state index contributed by atoms with van der Waals surface area (Å²) in [6, 6.07) is 18.9. The zero-order valence-corrected chi connectivity index (χ0v) is 26.9. The van der Waals surface area contributed by atoms with E-state index in [1.807, 2.05) is 36.7 Å². The fourth-order valence-corrected chi connectivity index (χ4v) is 4.42. The molecule has 1 unspecified atom stereocenters. The predicted octanol–water partition coefficient (Wildman–Crippen LogP) is 5.79. The van der Waals surface area contributed by atoms with Crippen molar-refractivity contribution in [3.8, 4) is 17.0 Å². The summed E-state index contributed by atoms with van der Waals surface area (Å²) < 4.78 is 103. The van der Waals surface area contributed by atoms with Gasteiger partial charge in [0.15, 0.2) is 0 Å². The summed E-state index contributed by atoms with van der Waals surface area (Å²) in [5, 5.41) is 21.4. The van der Waals surface area contributed by atoms with Crippen LogP contribution >= 0.6 is 0 Å². The molecule has 52 heavy (non-hydrogen) atoms. The number of para-hydroxylation sites is 1. The van der Waals surface area contributed by atoms with Crippen molar-refractivity contribution in [2.24, 2.45) is 0 Å². The van der Waals surface area contributed by atoms with Crippen LogP contribution in [0.15, 0.2) is 73.2 Å². The zero-order chi connectivity index (χ0) is 39.4. The van der Waals surface area contributed by atoms with Crippen LogP contribution in [0.1, 0.15) is 17.3 Å². The van der Waals surface area contributed by atoms with E-state index >= 15 is 0 Å². The van der Waals surface area contributed by atoms with Crippen molar-refractivity contribution in [1.82, 2.24) is 24.2 Å². The molecule has 3 N–H and O–H groups in total. The number of hydrogen-bond acceptors (Lipinski definition) is 8. The van der Waals surface area contributed by atoms with Crippen molar-refractivity contribution in [2.45, 2.75) is 31.1 Å². The van der Waals surface area contributed by atoms with Gasteiger partial charge in [-0.15, -0.1) is 0 Å². The van der Waals surface area contributed by atoms with Crippen LogP contribution in [-0.4, -0.2) is 110 Å². The number of fused-ring (bicyclic) bond motifs is 1. The van der Waals surface area contributed by atoms with E-state index in [4.69, 9.17) is 39.4 Å². The summed E-state index contributed by atoms with van der Waals surface area (Å²) in [7, 11) is 3.93. The number of methoxy groups -OCH3 is 1. The van der Waals surface area contributed by atoms with E-state index in [1.165, 1.54) is 5.56 Å². The Morgan fingerprint density at radius 2 is 1.31 bits per heavy atom. The Kier molecular flexibility index (Phi) is 14.9. The molecule has 1 fully saturated rings. The van der Waals surface area contributed by atoms with Gasteiger partial charge in [0.1, 0.15) is 11.4 Å². The van der Waals surface area contributed by atoms with E-state index in [-0.39, 0.29) is 6.04 Å². The molecule has 0 spiro atoms. The standard InChI is InChI=1S/C25H27N5O.3C2HF3O2/c1-28-14-15-29(16-20-6-3-4-8-24(20)31-2)18-23(28)21-17-30-22(7-5-9-25(30)27-21)19-10-12-26-13-11-19;3*3-2(4,5)1(6)7/h3-13,17,23H,14-16,18H2,1-2H3;3*(H,6,7). The maximum atomic E-state index is 10.6. The first-order valence-electron chi connectivity index (χ1n) is 14.4. The second kappa shape index (κ2) is 18.2. The summed E-state index contributed by atoms with van der Waals surface area (Å²) in [6.45, 7) is 3.85. The number of aliphatic carboxylic acids is 3. The molecule has 12 nitrogen and oxygen atoms in total. The summed E-state index contributed by atoms with van der Waals surface area (Å²) in [5.74, 6) is -7.32. The zero-order valence-electron chi connectivity index (χ0n) is 26.9. The van der Waals surface area contributed by atoms with Crippen molar-refractivity contribution >= 4 is 23.6 Å². The van der Waals surface area contributed by atoms with E-state index in [9.17, 15) is 39.5 Å². The number of pyridine rings is 2. The Hall–Kier alpha value is -5.44. The third-order valence-electron chi connectivity index (χ3n) is 6.87. The van der Waals surface area contributed by atoms with Crippen molar-refractivity contribution in [3.05, 3.63) is 84.4 Å². The summed E-state index contributed by atoms with van der Waals surface area (Å²) in [4.78, 5) is 40.7. The van der Waals surface area contributed by atoms with Gasteiger partial charge in [0, 0.05) is 55.9 Å². The van der Waals surface area contributed by atoms with Crippen LogP contribution in [0, 0.1) is 0 Å². The Bertz CT molecular complexity index is 1730. The Morgan fingerprint density at radius 1 is 0.788 bits per heavy atom. The molecule has 4 aromatic rings. The Morgan fingerprint density at radius 3 is 1.81 bits per heavy atom. The van der Waals surface area contributed by atoms with Gasteiger partial charge in [-0.2, -0.15) is 39.5 Å². The fraction of sp³-hybridized carbons (Fsp3) is 0.323. The van der Waals surface area contributed by atoms with Crippen LogP contribution in [0.25, 0.3) is 16.9 Å². The van der Waals surface area contributed by atoms with Gasteiger partial charge in [0.05, 0.1) is 24.5 Å². The Balaban J connectivity index is 0.000000365. The van der Waals surface area contributed by atoms with E-state index in [2.05, 4.69) is 62.8 Å². The van der Waals surface area contributed by atoms with Crippen molar-refractivity contribution in [1.29, 1.82) is 0 Å². The van der Waals surface area contributed by atoms with Gasteiger partial charge < -0.3 is 20.1 Å². The number of aromatic nitrogens is 3. The van der Waals surface area contributed by atoms with Crippen LogP contribution in [0.4, 0.5) is 39.5 Å². The molecule has 5 rings (SSSR count). The second-order valence-corrected chi connectivity index (χ2v) is 10.5. The molecule has 1 aromatic carbocycles. The van der Waals surface area contributed by atoms with Gasteiger partial charge in [0.2, 0.25) is 0 Å². The highest BCUT2D eigenvalue weighted by Gasteiger charge is 2.39. The summed E-state index contributed by atoms with van der Waals surface area (Å²) in [5.41, 5.74) is 5.57. The molecule has 1 atom stereocenters. The van der Waals surface area contributed by atoms with E-state index in [0.29, 0.717) is 0 Å². The number of halogens is 9. The number of carboxylic acid groups (broad SMARTS) is 3. The maximum Gasteiger partial charge on any atom is 0.490 e. The highest BCUT2D eigenvalue weighted by Crippen LogP contribution is 2.29. The first-order valence-corrected chi connectivity index (χ1v) is 14.4. The largest absolute Gasteiger partial charge is 0.496 e. The number of benzene rings is 1. The molecular formula is C31H30F9N5O7. The fourth-order valence-electron chi connectivity index (χ4n) is 4.42. The summed E-state index contributed by atoms with van der Waals surface area (Å²) in [6.07, 6.45) is -9.40. The number of alkyl halides is 9. The number of imidazole rings is 1. The average Bonchev–Trinajstić information content (AvgIpc) is 3.50. The highest BCUT2D eigenvalue weighted by molar-refractivity contribution is 5.73. The van der Waals surface area contributed by atoms with Gasteiger partial charge in [0.25, 0.3) is 0 Å². The number of carbonyl (C=O) groups is 3. The highest BCUT2D eigenvalue weighted by atomic mass is 19.4. The van der Waals surface area contributed by atoms with Crippen molar-refractivity contribution < 1.29 is 74.0 Å². The molecule has 1 aliphatic heterocycles. The molecule has 4 heterocycles. The number of piperazine rings is 1. The topological polar surface area (TPSA) is 158 Å². The minimum atomic E-state index is -5.08. The van der Waals surface area contributed by atoms with Crippen LogP contribution in [0.2, 0.25) is 0 Å². The van der Waals surface area contributed by atoms with Crippen molar-refractivity contribution in [3.63, 3.8) is 0 Å². The number of hydrogen-bond donors (Lipinski definition) is 3. The number of ether oxygens (including phenoxy) is 1. The molecule has 3 aromatic heterocycles. The number of nitrogens with zero attached hydrogens (tertiary/aromatic N) is 5. The third kappa shape index (κ3) is 13.0. The Labute approximate surface area is 288 Å². The lowest BCUT2D eigenvalue weighted by Gasteiger charge is -2.38. The van der Waals surface area contributed by atoms with Crippen LogP contribution in [0.3, 0.4) is 0 Å². The summed E-state index contributed by atoms with van der Waals surface area (Å²) >= 11 is 0. The van der Waals surface area contributed by atoms with Gasteiger partial charge in [-0.05, 0) is 37.4 Å². The quantitative estimate of drug-likeness (QED) is 0.212. The molecule has 0 amide bonds. The smallest absolute Gasteiger partial charge is 0.490 e. The molecule has 0 radical (unpaired) electrons. The number of rotatable bonds is 5. The van der Waals surface area contributed by atoms with Gasteiger partial charge in [-0.1, -0.05) is 24.3 Å². The van der Waals surface area contributed by atoms with E-state index in [1.54, 1.807) is 7.11 Å². The molecule has 0 bridgehead atoms. The van der Waals surface area contributed by atoms with Gasteiger partial charge in [-0.3, -0.25) is 19.2 Å². The molecule has 284 valence electrons. The van der Waals surface area contributed by atoms with Crippen LogP contribution in [-0.2, 0) is 20.9 Å². The minimum Gasteiger partial charge on any atom is -0.496 e. The molecular weight excluding hydrogens is 725 g/mol. The lowest BCUT2D eigenvalue weighted by atomic mass is 10.1. The SMILES string of the molecule is COc1ccccc1CN1CCN(C)C(c2cn3c(-c4ccncc4)cccc3n2)C1.O=C(O)C(F)(F)F.O=C(O)C(F)(F)F.O=C(O)C(F)(F)F. The van der Waals surface area contributed by atoms with Crippen LogP contribution in [0.5, 0.6) is 5.75 Å². The maximum absolute atomic E-state index is 10.6. The van der Waals surface area contributed by atoms with E-state index < -0.39 is 36.4 Å². The first kappa shape index (κ1) is 42.7. The van der Waals surface area contributed by atoms with Gasteiger partial charge in [-0.25, -0.2) is 19.4 Å². The normalized spacial score (nSPS) is 15.2. The minimum absolute atomic E-state index is 0.244. The van der Waals surface area contributed by atoms with Crippen LogP contribution < -0.4 is 4.74 Å². The average molecular weight is 756 g/mol. The molecule has 0 saturated carbocycles. The molecule has 1 saturated heterocycles. The third-order valence-corrected chi connectivity index (χ3v) is 6.87. The monoisotopic (exact) mass is 755 g/mol. The lowest BCUT2D eigenvalue weighted by Crippen LogP contribution is -2.46. The van der Waals surface area contributed by atoms with Gasteiger partial charge >= 0.3 is 36.4 Å². The molecule has 1 aliphatic rings. The lowest BCUT2D eigenvalue weighted by molar-refractivity contribution is -0.193. The van der Waals surface area contributed by atoms with E-state index in [0.717, 1.165) is 54.5 Å².